The number of nitrogens with two attached hydrogens (primary N) is 1. The van der Waals surface area contributed by atoms with Gasteiger partial charge in [0.15, 0.2) is 0 Å². The lowest BCUT2D eigenvalue weighted by Crippen LogP contribution is -2.14. The third-order valence-corrected chi connectivity index (χ3v) is 2.04. The van der Waals surface area contributed by atoms with Crippen molar-refractivity contribution < 1.29 is 13.2 Å². The highest BCUT2D eigenvalue weighted by Gasteiger charge is 2.30. The van der Waals surface area contributed by atoms with Crippen LogP contribution in [0.3, 0.4) is 0 Å². The third-order valence-electron chi connectivity index (χ3n) is 2.04. The first-order chi connectivity index (χ1) is 6.95. The van der Waals surface area contributed by atoms with Crippen molar-refractivity contribution in [3.63, 3.8) is 0 Å². The highest BCUT2D eigenvalue weighted by atomic mass is 19.4. The van der Waals surface area contributed by atoms with Crippen LogP contribution in [0.5, 0.6) is 0 Å². The van der Waals surface area contributed by atoms with Crippen LogP contribution in [0.2, 0.25) is 0 Å². The summed E-state index contributed by atoms with van der Waals surface area (Å²) in [6.07, 6.45) is -4.33. The molecule has 0 amide bonds. The fraction of sp³-hybridized carbons (Fsp3) is 0.400. The molecule has 0 atom stereocenters. The molecule has 0 bridgehead atoms. The molecule has 0 aliphatic heterocycles. The summed E-state index contributed by atoms with van der Waals surface area (Å²) in [6, 6.07) is 3.41. The van der Waals surface area contributed by atoms with Crippen LogP contribution >= 0.6 is 0 Å². The van der Waals surface area contributed by atoms with Crippen LogP contribution in [0.4, 0.5) is 18.9 Å². The van der Waals surface area contributed by atoms with Gasteiger partial charge in [0.05, 0.1) is 5.56 Å². The maximum Gasteiger partial charge on any atom is 0.416 e. The van der Waals surface area contributed by atoms with Gasteiger partial charge in [-0.3, -0.25) is 0 Å². The van der Waals surface area contributed by atoms with E-state index in [-0.39, 0.29) is 5.69 Å². The smallest absolute Gasteiger partial charge is 0.398 e. The summed E-state index contributed by atoms with van der Waals surface area (Å²) in [6.45, 7) is 3.15. The van der Waals surface area contributed by atoms with Gasteiger partial charge in [-0.1, -0.05) is 13.0 Å². The average molecular weight is 218 g/mol. The molecule has 2 nitrogen and oxygen atoms in total. The predicted molar refractivity (Wildman–Crippen MR) is 53.2 cm³/mol. The molecule has 84 valence electrons. The van der Waals surface area contributed by atoms with Gasteiger partial charge in [0, 0.05) is 12.2 Å². The van der Waals surface area contributed by atoms with Crippen molar-refractivity contribution in [2.24, 2.45) is 0 Å². The molecule has 0 heterocycles. The lowest BCUT2D eigenvalue weighted by molar-refractivity contribution is -0.137. The number of alkyl halides is 3. The van der Waals surface area contributed by atoms with E-state index >= 15 is 0 Å². The van der Waals surface area contributed by atoms with Crippen molar-refractivity contribution in [3.8, 4) is 0 Å². The molecular weight excluding hydrogens is 205 g/mol. The Morgan fingerprint density at radius 3 is 2.47 bits per heavy atom. The van der Waals surface area contributed by atoms with Gasteiger partial charge in [-0.15, -0.1) is 0 Å². The van der Waals surface area contributed by atoms with Crippen molar-refractivity contribution in [1.82, 2.24) is 5.32 Å². The van der Waals surface area contributed by atoms with Crippen molar-refractivity contribution in [2.45, 2.75) is 19.6 Å². The van der Waals surface area contributed by atoms with Crippen molar-refractivity contribution in [1.29, 1.82) is 0 Å². The van der Waals surface area contributed by atoms with Gasteiger partial charge in [-0.05, 0) is 24.2 Å². The van der Waals surface area contributed by atoms with Crippen LogP contribution in [0, 0.1) is 0 Å². The molecule has 0 radical (unpaired) electrons. The Balaban J connectivity index is 2.88. The Morgan fingerprint density at radius 2 is 2.00 bits per heavy atom. The fourth-order valence-electron chi connectivity index (χ4n) is 1.19. The molecule has 0 aromatic heterocycles. The lowest BCUT2D eigenvalue weighted by atomic mass is 10.1. The van der Waals surface area contributed by atoms with Crippen LogP contribution in [-0.2, 0) is 12.7 Å². The number of nitrogen functional groups attached to an aromatic ring is 1. The minimum absolute atomic E-state index is 0.172. The van der Waals surface area contributed by atoms with Crippen molar-refractivity contribution in [2.75, 3.05) is 12.3 Å². The maximum atomic E-state index is 12.3. The lowest BCUT2D eigenvalue weighted by Gasteiger charge is -2.10. The summed E-state index contributed by atoms with van der Waals surface area (Å²) in [5, 5.41) is 3.00. The molecule has 0 aliphatic rings. The van der Waals surface area contributed by atoms with Crippen LogP contribution in [0.15, 0.2) is 18.2 Å². The SMILES string of the molecule is CCNCc1ccc(C(F)(F)F)cc1N. The predicted octanol–water partition coefficient (Wildman–Crippen LogP) is 2.40. The van der Waals surface area contributed by atoms with E-state index in [0.29, 0.717) is 12.1 Å². The molecule has 0 aliphatic carbocycles. The van der Waals surface area contributed by atoms with Crippen LogP contribution in [0.25, 0.3) is 0 Å². The topological polar surface area (TPSA) is 38.0 Å². The molecule has 15 heavy (non-hydrogen) atoms. The van der Waals surface area contributed by atoms with E-state index in [1.54, 1.807) is 0 Å². The van der Waals surface area contributed by atoms with Gasteiger partial charge < -0.3 is 11.1 Å². The summed E-state index contributed by atoms with van der Waals surface area (Å²) < 4.78 is 36.8. The first-order valence-electron chi connectivity index (χ1n) is 4.61. The maximum absolute atomic E-state index is 12.3. The van der Waals surface area contributed by atoms with Gasteiger partial charge in [0.25, 0.3) is 0 Å². The second-order valence-electron chi connectivity index (χ2n) is 3.19. The summed E-state index contributed by atoms with van der Waals surface area (Å²) in [4.78, 5) is 0. The first kappa shape index (κ1) is 11.8. The van der Waals surface area contributed by atoms with Gasteiger partial charge in [-0.2, -0.15) is 13.2 Å². The molecule has 1 aromatic rings. The first-order valence-corrected chi connectivity index (χ1v) is 4.61. The standard InChI is InChI=1S/C10H13F3N2/c1-2-15-6-7-3-4-8(5-9(7)14)10(11,12)13/h3-5,15H,2,6,14H2,1H3. The fourth-order valence-corrected chi connectivity index (χ4v) is 1.19. The van der Waals surface area contributed by atoms with Crippen molar-refractivity contribution in [3.05, 3.63) is 29.3 Å². The minimum Gasteiger partial charge on any atom is -0.398 e. The van der Waals surface area contributed by atoms with Gasteiger partial charge in [0.2, 0.25) is 0 Å². The van der Waals surface area contributed by atoms with Gasteiger partial charge in [-0.25, -0.2) is 0 Å². The van der Waals surface area contributed by atoms with E-state index in [1.165, 1.54) is 6.07 Å². The van der Waals surface area contributed by atoms with Gasteiger partial charge in [0.1, 0.15) is 0 Å². The number of benzene rings is 1. The van der Waals surface area contributed by atoms with E-state index in [0.717, 1.165) is 18.7 Å². The normalized spacial score (nSPS) is 11.7. The second kappa shape index (κ2) is 4.53. The number of hydrogen-bond donors (Lipinski definition) is 2. The Hall–Kier alpha value is -1.23. The molecule has 0 fully saturated rings. The van der Waals surface area contributed by atoms with E-state index < -0.39 is 11.7 Å². The molecule has 3 N–H and O–H groups in total. The Kier molecular flexibility index (Phi) is 3.57. The zero-order valence-corrected chi connectivity index (χ0v) is 8.36. The van der Waals surface area contributed by atoms with Crippen LogP contribution in [0.1, 0.15) is 18.1 Å². The molecule has 0 saturated heterocycles. The Labute approximate surface area is 86.3 Å². The van der Waals surface area contributed by atoms with E-state index in [2.05, 4.69) is 5.32 Å². The van der Waals surface area contributed by atoms with E-state index in [9.17, 15) is 13.2 Å². The molecule has 0 unspecified atom stereocenters. The summed E-state index contributed by atoms with van der Waals surface area (Å²) in [5.41, 5.74) is 5.67. The molecular formula is C10H13F3N2. The highest BCUT2D eigenvalue weighted by Crippen LogP contribution is 2.31. The second-order valence-corrected chi connectivity index (χ2v) is 3.19. The molecule has 1 rings (SSSR count). The molecule has 0 saturated carbocycles. The van der Waals surface area contributed by atoms with Gasteiger partial charge >= 0.3 is 6.18 Å². The zero-order valence-electron chi connectivity index (χ0n) is 8.36. The summed E-state index contributed by atoms with van der Waals surface area (Å²) >= 11 is 0. The van der Waals surface area contributed by atoms with E-state index in [4.69, 9.17) is 5.73 Å². The Morgan fingerprint density at radius 1 is 1.33 bits per heavy atom. The van der Waals surface area contributed by atoms with Crippen LogP contribution in [-0.4, -0.2) is 6.54 Å². The molecule has 0 spiro atoms. The number of hydrogen-bond acceptors (Lipinski definition) is 2. The van der Waals surface area contributed by atoms with E-state index in [1.807, 2.05) is 6.92 Å². The summed E-state index contributed by atoms with van der Waals surface area (Å²) in [7, 11) is 0. The zero-order chi connectivity index (χ0) is 11.5. The van der Waals surface area contributed by atoms with Crippen molar-refractivity contribution >= 4 is 5.69 Å². The number of anilines is 1. The quantitative estimate of drug-likeness (QED) is 0.764. The number of rotatable bonds is 3. The van der Waals surface area contributed by atoms with Crippen LogP contribution < -0.4 is 11.1 Å². The third kappa shape index (κ3) is 3.13. The molecule has 5 heteroatoms. The minimum atomic E-state index is -4.33. The number of halogens is 3. The monoisotopic (exact) mass is 218 g/mol. The highest BCUT2D eigenvalue weighted by molar-refractivity contribution is 5.49. The summed E-state index contributed by atoms with van der Waals surface area (Å²) in [5.74, 6) is 0. The molecule has 1 aromatic carbocycles. The average Bonchev–Trinajstić information content (AvgIpc) is 2.14. The largest absolute Gasteiger partial charge is 0.416 e. The Bertz CT molecular complexity index is 334. The number of nitrogens with one attached hydrogen (secondary N) is 1.